The molecule has 1 aromatic heterocycles. The number of benzene rings is 1. The molecule has 19 heavy (non-hydrogen) atoms. The Morgan fingerprint density at radius 2 is 2.21 bits per heavy atom. The molecule has 0 spiro atoms. The molecule has 0 aliphatic heterocycles. The molecule has 4 nitrogen and oxygen atoms in total. The monoisotopic (exact) mass is 257 g/mol. The smallest absolute Gasteiger partial charge is 0.307 e. The van der Waals surface area contributed by atoms with E-state index in [4.69, 9.17) is 9.84 Å². The lowest BCUT2D eigenvalue weighted by Crippen LogP contribution is -2.45. The lowest BCUT2D eigenvalue weighted by molar-refractivity contribution is -0.144. The summed E-state index contributed by atoms with van der Waals surface area (Å²) in [5.74, 6) is -0.106. The van der Waals surface area contributed by atoms with Gasteiger partial charge in [0, 0.05) is 17.6 Å². The molecule has 1 fully saturated rings. The molecule has 0 amide bonds. The van der Waals surface area contributed by atoms with E-state index in [9.17, 15) is 4.79 Å². The second-order valence-electron chi connectivity index (χ2n) is 5.07. The number of aromatic nitrogens is 1. The minimum Gasteiger partial charge on any atom is -0.487 e. The summed E-state index contributed by atoms with van der Waals surface area (Å²) in [4.78, 5) is 15.2. The van der Waals surface area contributed by atoms with Crippen LogP contribution in [0, 0.1) is 0 Å². The van der Waals surface area contributed by atoms with Gasteiger partial charge in [-0.15, -0.1) is 0 Å². The van der Waals surface area contributed by atoms with Gasteiger partial charge < -0.3 is 9.84 Å². The molecule has 1 heterocycles. The van der Waals surface area contributed by atoms with E-state index in [0.29, 0.717) is 5.75 Å². The number of nitrogens with zero attached hydrogens (tertiary/aromatic N) is 1. The van der Waals surface area contributed by atoms with E-state index >= 15 is 0 Å². The number of rotatable bonds is 4. The average Bonchev–Trinajstić information content (AvgIpc) is 2.35. The molecule has 0 unspecified atom stereocenters. The van der Waals surface area contributed by atoms with Crippen LogP contribution >= 0.6 is 0 Å². The van der Waals surface area contributed by atoms with Crippen LogP contribution in [0.1, 0.15) is 25.7 Å². The van der Waals surface area contributed by atoms with Crippen molar-refractivity contribution in [2.24, 2.45) is 0 Å². The Morgan fingerprint density at radius 3 is 2.89 bits per heavy atom. The van der Waals surface area contributed by atoms with Crippen LogP contribution in [0.2, 0.25) is 0 Å². The molecule has 1 aliphatic rings. The van der Waals surface area contributed by atoms with Gasteiger partial charge in [-0.05, 0) is 37.5 Å². The fourth-order valence-corrected chi connectivity index (χ4v) is 2.52. The molecule has 1 aromatic carbocycles. The van der Waals surface area contributed by atoms with Crippen molar-refractivity contribution in [1.29, 1.82) is 0 Å². The van der Waals surface area contributed by atoms with Crippen molar-refractivity contribution in [2.45, 2.75) is 31.3 Å². The summed E-state index contributed by atoms with van der Waals surface area (Å²) in [7, 11) is 0. The molecule has 0 bridgehead atoms. The molecule has 0 radical (unpaired) electrons. The van der Waals surface area contributed by atoms with Crippen LogP contribution in [0.15, 0.2) is 36.5 Å². The largest absolute Gasteiger partial charge is 0.487 e. The van der Waals surface area contributed by atoms with Crippen molar-refractivity contribution in [1.82, 2.24) is 4.98 Å². The topological polar surface area (TPSA) is 59.4 Å². The number of fused-ring (bicyclic) bond motifs is 1. The highest BCUT2D eigenvalue weighted by atomic mass is 16.5. The lowest BCUT2D eigenvalue weighted by atomic mass is 9.77. The molecule has 98 valence electrons. The maximum absolute atomic E-state index is 10.9. The predicted molar refractivity (Wildman–Crippen MR) is 71.2 cm³/mol. The third-order valence-corrected chi connectivity index (χ3v) is 3.65. The number of carboxylic acid groups (broad SMARTS) is 1. The van der Waals surface area contributed by atoms with Crippen molar-refractivity contribution in [3.63, 3.8) is 0 Å². The summed E-state index contributed by atoms with van der Waals surface area (Å²) in [5.41, 5.74) is 0.346. The number of aliphatic carboxylic acids is 1. The SMILES string of the molecule is O=C(O)CC1(Oc2ccc3cccnc3c2)CCC1. The maximum Gasteiger partial charge on any atom is 0.307 e. The van der Waals surface area contributed by atoms with Crippen molar-refractivity contribution < 1.29 is 14.6 Å². The first kappa shape index (κ1) is 12.0. The van der Waals surface area contributed by atoms with Crippen LogP contribution in [0.4, 0.5) is 0 Å². The molecular weight excluding hydrogens is 242 g/mol. The molecule has 2 aromatic rings. The molecule has 4 heteroatoms. The van der Waals surface area contributed by atoms with Gasteiger partial charge in [0.25, 0.3) is 0 Å². The zero-order valence-electron chi connectivity index (χ0n) is 10.5. The van der Waals surface area contributed by atoms with Gasteiger partial charge in [0.1, 0.15) is 11.4 Å². The molecule has 0 atom stereocenters. The maximum atomic E-state index is 10.9. The first-order chi connectivity index (χ1) is 9.17. The van der Waals surface area contributed by atoms with Gasteiger partial charge in [-0.1, -0.05) is 6.07 Å². The summed E-state index contributed by atoms with van der Waals surface area (Å²) in [6.45, 7) is 0. The summed E-state index contributed by atoms with van der Waals surface area (Å²) in [6, 6.07) is 9.58. The second-order valence-corrected chi connectivity index (χ2v) is 5.07. The Morgan fingerprint density at radius 1 is 1.37 bits per heavy atom. The van der Waals surface area contributed by atoms with Gasteiger partial charge in [-0.3, -0.25) is 9.78 Å². The summed E-state index contributed by atoms with van der Waals surface area (Å²) >= 11 is 0. The third kappa shape index (κ3) is 2.38. The molecular formula is C15H15NO3. The third-order valence-electron chi connectivity index (χ3n) is 3.65. The lowest BCUT2D eigenvalue weighted by Gasteiger charge is -2.40. The Hall–Kier alpha value is -2.10. The average molecular weight is 257 g/mol. The highest BCUT2D eigenvalue weighted by molar-refractivity contribution is 5.79. The van der Waals surface area contributed by atoms with E-state index in [-0.39, 0.29) is 6.42 Å². The standard InChI is InChI=1S/C15H15NO3/c17-14(18)10-15(6-2-7-15)19-12-5-4-11-3-1-8-16-13(11)9-12/h1,3-5,8-9H,2,6-7,10H2,(H,17,18). The van der Waals surface area contributed by atoms with Crippen LogP contribution in [-0.4, -0.2) is 21.7 Å². The quantitative estimate of drug-likeness (QED) is 0.914. The summed E-state index contributed by atoms with van der Waals surface area (Å²) in [6.07, 6.45) is 4.44. The zero-order valence-corrected chi connectivity index (χ0v) is 10.5. The van der Waals surface area contributed by atoms with E-state index in [1.807, 2.05) is 30.3 Å². The van der Waals surface area contributed by atoms with E-state index in [0.717, 1.165) is 30.2 Å². The highest BCUT2D eigenvalue weighted by Gasteiger charge is 2.41. The summed E-state index contributed by atoms with van der Waals surface area (Å²) < 4.78 is 5.94. The van der Waals surface area contributed by atoms with Crippen LogP contribution in [-0.2, 0) is 4.79 Å². The van der Waals surface area contributed by atoms with Crippen molar-refractivity contribution in [3.8, 4) is 5.75 Å². The highest BCUT2D eigenvalue weighted by Crippen LogP contribution is 2.39. The van der Waals surface area contributed by atoms with E-state index < -0.39 is 11.6 Å². The van der Waals surface area contributed by atoms with Crippen LogP contribution < -0.4 is 4.74 Å². The first-order valence-electron chi connectivity index (χ1n) is 6.43. The predicted octanol–water partition coefficient (Wildman–Crippen LogP) is 3.01. The normalized spacial score (nSPS) is 16.8. The van der Waals surface area contributed by atoms with Gasteiger partial charge >= 0.3 is 5.97 Å². The number of carbonyl (C=O) groups is 1. The van der Waals surface area contributed by atoms with Crippen LogP contribution in [0.3, 0.4) is 0 Å². The Labute approximate surface area is 111 Å². The molecule has 0 saturated heterocycles. The molecule has 3 rings (SSSR count). The van der Waals surface area contributed by atoms with E-state index in [1.165, 1.54) is 0 Å². The minimum atomic E-state index is -0.807. The fourth-order valence-electron chi connectivity index (χ4n) is 2.52. The van der Waals surface area contributed by atoms with Crippen LogP contribution in [0.5, 0.6) is 5.75 Å². The van der Waals surface area contributed by atoms with Crippen molar-refractivity contribution in [2.75, 3.05) is 0 Å². The van der Waals surface area contributed by atoms with Crippen LogP contribution in [0.25, 0.3) is 10.9 Å². The fraction of sp³-hybridized carbons (Fsp3) is 0.333. The van der Waals surface area contributed by atoms with Gasteiger partial charge in [-0.2, -0.15) is 0 Å². The number of ether oxygens (including phenoxy) is 1. The van der Waals surface area contributed by atoms with Gasteiger partial charge in [-0.25, -0.2) is 0 Å². The number of hydrogen-bond acceptors (Lipinski definition) is 3. The molecule has 1 saturated carbocycles. The van der Waals surface area contributed by atoms with Gasteiger partial charge in [0.2, 0.25) is 0 Å². The first-order valence-corrected chi connectivity index (χ1v) is 6.43. The van der Waals surface area contributed by atoms with Crippen molar-refractivity contribution in [3.05, 3.63) is 36.5 Å². The molecule has 1 aliphatic carbocycles. The Kier molecular flexibility index (Phi) is 2.85. The van der Waals surface area contributed by atoms with Gasteiger partial charge in [0.15, 0.2) is 0 Å². The van der Waals surface area contributed by atoms with Gasteiger partial charge in [0.05, 0.1) is 11.9 Å². The number of pyridine rings is 1. The minimum absolute atomic E-state index is 0.0628. The second kappa shape index (κ2) is 4.53. The Bertz CT molecular complexity index is 620. The van der Waals surface area contributed by atoms with Crippen molar-refractivity contribution >= 4 is 16.9 Å². The van der Waals surface area contributed by atoms with E-state index in [1.54, 1.807) is 6.20 Å². The Balaban J connectivity index is 1.86. The summed E-state index contributed by atoms with van der Waals surface area (Å²) in [5, 5.41) is 10.0. The van der Waals surface area contributed by atoms with E-state index in [2.05, 4.69) is 4.98 Å². The zero-order chi connectivity index (χ0) is 13.3. The number of hydrogen-bond donors (Lipinski definition) is 1. The number of carboxylic acids is 1. The molecule has 1 N–H and O–H groups in total.